The topological polar surface area (TPSA) is 138 Å². The molecule has 2 unspecified atom stereocenters. The third kappa shape index (κ3) is 5.73. The number of amides is 2. The molecular formula is C31H28Cl2N6O4. The van der Waals surface area contributed by atoms with Crippen LogP contribution in [0.25, 0.3) is 22.4 Å². The van der Waals surface area contributed by atoms with Crippen LogP contribution in [0.2, 0.25) is 10.0 Å². The average molecular weight is 620 g/mol. The van der Waals surface area contributed by atoms with Crippen LogP contribution in [0.15, 0.2) is 59.5 Å². The summed E-state index contributed by atoms with van der Waals surface area (Å²) in [5, 5.41) is 15.9. The first-order chi connectivity index (χ1) is 20.8. The zero-order chi connectivity index (χ0) is 30.1. The lowest BCUT2D eigenvalue weighted by molar-refractivity contribution is -0.119. The molecule has 4 N–H and O–H groups in total. The highest BCUT2D eigenvalue weighted by Gasteiger charge is 2.30. The van der Waals surface area contributed by atoms with E-state index in [1.807, 2.05) is 30.3 Å². The largest absolute Gasteiger partial charge is 0.481 e. The third-order valence-electron chi connectivity index (χ3n) is 7.83. The minimum Gasteiger partial charge on any atom is -0.481 e. The van der Waals surface area contributed by atoms with Gasteiger partial charge in [0, 0.05) is 53.5 Å². The van der Waals surface area contributed by atoms with Crippen LogP contribution in [-0.4, -0.2) is 46.7 Å². The van der Waals surface area contributed by atoms with Crippen molar-refractivity contribution in [3.63, 3.8) is 0 Å². The predicted octanol–water partition coefficient (Wildman–Crippen LogP) is 4.92. The fourth-order valence-corrected chi connectivity index (χ4v) is 6.30. The smallest absolute Gasteiger partial charge is 0.277 e. The molecule has 2 aromatic carbocycles. The Morgan fingerprint density at radius 1 is 1.02 bits per heavy atom. The molecule has 10 nitrogen and oxygen atoms in total. The highest BCUT2D eigenvalue weighted by atomic mass is 35.5. The lowest BCUT2D eigenvalue weighted by Crippen LogP contribution is -2.36. The number of aryl methyl sites for hydroxylation is 1. The fourth-order valence-electron chi connectivity index (χ4n) is 5.70. The number of hydrogen-bond donors (Lipinski definition) is 4. The van der Waals surface area contributed by atoms with E-state index >= 15 is 0 Å². The van der Waals surface area contributed by atoms with Gasteiger partial charge in [-0.15, -0.1) is 0 Å². The molecule has 0 radical (unpaired) electrons. The van der Waals surface area contributed by atoms with Crippen molar-refractivity contribution in [3.05, 3.63) is 91.8 Å². The summed E-state index contributed by atoms with van der Waals surface area (Å²) in [6, 6.07) is 14.4. The maximum absolute atomic E-state index is 12.8. The molecule has 2 atom stereocenters. The number of aromatic nitrogens is 3. The van der Waals surface area contributed by atoms with Gasteiger partial charge in [-0.25, -0.2) is 10.1 Å². The predicted molar refractivity (Wildman–Crippen MR) is 165 cm³/mol. The summed E-state index contributed by atoms with van der Waals surface area (Å²) in [6.07, 6.45) is 4.47. The Hall–Kier alpha value is -4.25. The summed E-state index contributed by atoms with van der Waals surface area (Å²) >= 11 is 13.8. The molecule has 1 saturated heterocycles. The van der Waals surface area contributed by atoms with Gasteiger partial charge in [-0.05, 0) is 43.0 Å². The highest BCUT2D eigenvalue weighted by molar-refractivity contribution is 6.39. The van der Waals surface area contributed by atoms with Crippen LogP contribution < -0.4 is 26.2 Å². The minimum absolute atomic E-state index is 0.0744. The van der Waals surface area contributed by atoms with E-state index < -0.39 is 11.5 Å². The van der Waals surface area contributed by atoms with Gasteiger partial charge in [0.05, 0.1) is 28.5 Å². The number of carbonyl (C=O) groups excluding carboxylic acids is 2. The second-order valence-corrected chi connectivity index (χ2v) is 11.2. The standard InChI is InChI=1S/C31H28Cl2N6O4/c1-43-31-26-16(8-10-22(26)34-15-17-9-11-25(40)36-17)14-24(38-31)20-6-2-4-18(27(20)32)19-5-3-7-23(28(19)33)37-29(41)21-12-13-35-39-30(21)42/h2-7,12-14,17,22,34H,8-11,15H2,1H3,(H,36,40)(H,37,41)(H,39,42). The molecule has 0 bridgehead atoms. The molecule has 43 heavy (non-hydrogen) atoms. The molecule has 220 valence electrons. The zero-order valence-corrected chi connectivity index (χ0v) is 24.7. The molecule has 1 aliphatic heterocycles. The second-order valence-electron chi connectivity index (χ2n) is 10.5. The van der Waals surface area contributed by atoms with Crippen LogP contribution >= 0.6 is 23.2 Å². The fraction of sp³-hybridized carbons (Fsp3) is 0.258. The number of halogens is 2. The van der Waals surface area contributed by atoms with Crippen molar-refractivity contribution in [3.8, 4) is 28.3 Å². The number of anilines is 1. The van der Waals surface area contributed by atoms with Gasteiger partial charge in [0.15, 0.2) is 0 Å². The van der Waals surface area contributed by atoms with Crippen molar-refractivity contribution in [2.45, 2.75) is 37.8 Å². The molecular weight excluding hydrogens is 591 g/mol. The molecule has 6 rings (SSSR count). The summed E-state index contributed by atoms with van der Waals surface area (Å²) in [5.41, 5.74) is 4.43. The van der Waals surface area contributed by atoms with Crippen molar-refractivity contribution in [1.29, 1.82) is 0 Å². The lowest BCUT2D eigenvalue weighted by Gasteiger charge is -2.20. The van der Waals surface area contributed by atoms with E-state index in [2.05, 4.69) is 26.1 Å². The van der Waals surface area contributed by atoms with Crippen LogP contribution in [0.3, 0.4) is 0 Å². The number of benzene rings is 2. The number of nitrogens with one attached hydrogen (secondary N) is 4. The monoisotopic (exact) mass is 618 g/mol. The summed E-state index contributed by atoms with van der Waals surface area (Å²) in [7, 11) is 1.61. The molecule has 2 aliphatic rings. The molecule has 1 aliphatic carbocycles. The van der Waals surface area contributed by atoms with Crippen LogP contribution in [0.4, 0.5) is 5.69 Å². The number of ether oxygens (including phenoxy) is 1. The van der Waals surface area contributed by atoms with Crippen LogP contribution in [0.5, 0.6) is 5.88 Å². The van der Waals surface area contributed by atoms with E-state index in [9.17, 15) is 14.4 Å². The first-order valence-corrected chi connectivity index (χ1v) is 14.6. The van der Waals surface area contributed by atoms with Gasteiger partial charge in [0.25, 0.3) is 11.5 Å². The van der Waals surface area contributed by atoms with Crippen molar-refractivity contribution in [2.75, 3.05) is 19.0 Å². The Labute approximate surface area is 257 Å². The van der Waals surface area contributed by atoms with E-state index in [0.717, 1.165) is 30.4 Å². The van der Waals surface area contributed by atoms with Crippen molar-refractivity contribution in [1.82, 2.24) is 25.8 Å². The van der Waals surface area contributed by atoms with Crippen molar-refractivity contribution >= 4 is 40.7 Å². The molecule has 4 aromatic rings. The average Bonchev–Trinajstić information content (AvgIpc) is 3.62. The first-order valence-electron chi connectivity index (χ1n) is 13.9. The zero-order valence-electron chi connectivity index (χ0n) is 23.2. The van der Waals surface area contributed by atoms with E-state index in [-0.39, 0.29) is 28.6 Å². The quantitative estimate of drug-likeness (QED) is 0.220. The highest BCUT2D eigenvalue weighted by Crippen LogP contribution is 2.44. The number of aromatic amines is 1. The molecule has 0 saturated carbocycles. The number of nitrogens with zero attached hydrogens (tertiary/aromatic N) is 2. The van der Waals surface area contributed by atoms with E-state index in [0.29, 0.717) is 51.9 Å². The van der Waals surface area contributed by atoms with Gasteiger partial charge in [-0.2, -0.15) is 5.10 Å². The Morgan fingerprint density at radius 3 is 2.53 bits per heavy atom. The van der Waals surface area contributed by atoms with Gasteiger partial charge in [-0.3, -0.25) is 14.4 Å². The van der Waals surface area contributed by atoms with Crippen molar-refractivity contribution in [2.24, 2.45) is 0 Å². The first kappa shape index (κ1) is 28.9. The molecule has 1 fully saturated rings. The van der Waals surface area contributed by atoms with Crippen LogP contribution in [0.1, 0.15) is 46.8 Å². The SMILES string of the molecule is COc1nc(-c2cccc(-c3cccc(NC(=O)c4ccn[nH]c4=O)c3Cl)c2Cl)cc2c1C(NCC1CCC(=O)N1)CC2. The molecule has 12 heteroatoms. The number of pyridine rings is 1. The third-order valence-corrected chi connectivity index (χ3v) is 8.65. The molecule has 0 spiro atoms. The number of rotatable bonds is 8. The second kappa shape index (κ2) is 12.2. The number of fused-ring (bicyclic) bond motifs is 1. The van der Waals surface area contributed by atoms with Gasteiger partial charge >= 0.3 is 0 Å². The summed E-state index contributed by atoms with van der Waals surface area (Å²) in [4.78, 5) is 41.2. The van der Waals surface area contributed by atoms with Gasteiger partial charge in [0.1, 0.15) is 5.56 Å². The summed E-state index contributed by atoms with van der Waals surface area (Å²) in [6.45, 7) is 0.688. The van der Waals surface area contributed by atoms with E-state index in [1.165, 1.54) is 12.3 Å². The van der Waals surface area contributed by atoms with Gasteiger partial charge in [-0.1, -0.05) is 53.5 Å². The number of carbonyl (C=O) groups is 2. The summed E-state index contributed by atoms with van der Waals surface area (Å²) < 4.78 is 5.76. The molecule has 3 heterocycles. The molecule has 2 aromatic heterocycles. The van der Waals surface area contributed by atoms with Crippen LogP contribution in [0, 0.1) is 0 Å². The van der Waals surface area contributed by atoms with Crippen LogP contribution in [-0.2, 0) is 11.2 Å². The van der Waals surface area contributed by atoms with Gasteiger partial charge < -0.3 is 20.7 Å². The number of H-pyrrole nitrogens is 1. The maximum Gasteiger partial charge on any atom is 0.277 e. The van der Waals surface area contributed by atoms with Gasteiger partial charge in [0.2, 0.25) is 11.8 Å². The van der Waals surface area contributed by atoms with E-state index in [1.54, 1.807) is 19.2 Å². The Bertz CT molecular complexity index is 1790. The maximum atomic E-state index is 12.8. The van der Waals surface area contributed by atoms with Crippen molar-refractivity contribution < 1.29 is 14.3 Å². The number of hydrogen-bond acceptors (Lipinski definition) is 7. The minimum atomic E-state index is -0.613. The Morgan fingerprint density at radius 2 is 1.79 bits per heavy atom. The Balaban J connectivity index is 1.29. The van der Waals surface area contributed by atoms with E-state index in [4.69, 9.17) is 32.9 Å². The summed E-state index contributed by atoms with van der Waals surface area (Å²) in [5.74, 6) is 0.0204. The molecule has 2 amide bonds. The number of methoxy groups -OCH3 is 1. The lowest BCUT2D eigenvalue weighted by atomic mass is 9.99. The normalized spacial score (nSPS) is 17.4. The Kier molecular flexibility index (Phi) is 8.16.